The van der Waals surface area contributed by atoms with Crippen molar-refractivity contribution < 1.29 is 14.3 Å². The number of carbonyl (C=O) groups is 2. The van der Waals surface area contributed by atoms with Crippen molar-refractivity contribution in [2.45, 2.75) is 20.3 Å². The fourth-order valence-electron chi connectivity index (χ4n) is 1.46. The number of nitrogens with zero attached hydrogens (tertiary/aromatic N) is 1. The lowest BCUT2D eigenvalue weighted by atomic mass is 10.0. The fourth-order valence-corrected chi connectivity index (χ4v) is 1.46. The van der Waals surface area contributed by atoms with Gasteiger partial charge >= 0.3 is 5.97 Å². The highest BCUT2D eigenvalue weighted by molar-refractivity contribution is 6.19. The Hall–Kier alpha value is -2.41. The zero-order valence-corrected chi connectivity index (χ0v) is 11.0. The zero-order chi connectivity index (χ0) is 14.3. The van der Waals surface area contributed by atoms with Crippen molar-refractivity contribution in [3.63, 3.8) is 0 Å². The lowest BCUT2D eigenvalue weighted by Gasteiger charge is -2.05. The molecule has 0 saturated carbocycles. The number of benzene rings is 1. The number of rotatable bonds is 5. The van der Waals surface area contributed by atoms with Crippen LogP contribution in [0.4, 0.5) is 0 Å². The summed E-state index contributed by atoms with van der Waals surface area (Å²) < 4.78 is 4.95. The van der Waals surface area contributed by atoms with E-state index in [1.54, 1.807) is 24.3 Å². The van der Waals surface area contributed by atoms with E-state index in [1.165, 1.54) is 13.0 Å². The van der Waals surface area contributed by atoms with Gasteiger partial charge in [-0.25, -0.2) is 4.79 Å². The number of Topliss-reactive ketones (excluding diaryl/α,β-unsaturated/α-hetero) is 1. The Balaban J connectivity index is 3.12. The predicted molar refractivity (Wildman–Crippen MR) is 71.1 cm³/mol. The van der Waals surface area contributed by atoms with Crippen LogP contribution in [0.5, 0.6) is 0 Å². The minimum Gasteiger partial charge on any atom is -0.462 e. The Morgan fingerprint density at radius 2 is 2.05 bits per heavy atom. The van der Waals surface area contributed by atoms with Gasteiger partial charge in [0.25, 0.3) is 0 Å². The second kappa shape index (κ2) is 7.12. The molecule has 0 N–H and O–H groups in total. The molecule has 4 nitrogen and oxygen atoms in total. The van der Waals surface area contributed by atoms with Gasteiger partial charge in [-0.1, -0.05) is 25.1 Å². The summed E-state index contributed by atoms with van der Waals surface area (Å²) >= 11 is 0. The van der Waals surface area contributed by atoms with Gasteiger partial charge in [0.15, 0.2) is 5.78 Å². The summed E-state index contributed by atoms with van der Waals surface area (Å²) in [4.78, 5) is 23.3. The predicted octanol–water partition coefficient (Wildman–Crippen LogP) is 2.48. The summed E-state index contributed by atoms with van der Waals surface area (Å²) in [5.41, 5.74) is 0.893. The van der Waals surface area contributed by atoms with E-state index >= 15 is 0 Å². The van der Waals surface area contributed by atoms with Crippen molar-refractivity contribution >= 4 is 17.8 Å². The molecule has 1 rings (SSSR count). The Labute approximate surface area is 112 Å². The van der Waals surface area contributed by atoms with Gasteiger partial charge in [0.1, 0.15) is 5.57 Å². The number of carbonyl (C=O) groups excluding carboxylic acids is 2. The van der Waals surface area contributed by atoms with E-state index in [0.717, 1.165) is 0 Å². The van der Waals surface area contributed by atoms with Crippen LogP contribution < -0.4 is 0 Å². The molecule has 0 unspecified atom stereocenters. The molecule has 0 fully saturated rings. The van der Waals surface area contributed by atoms with E-state index in [4.69, 9.17) is 10.00 Å². The zero-order valence-electron chi connectivity index (χ0n) is 11.0. The Morgan fingerprint density at radius 1 is 1.37 bits per heavy atom. The first-order valence-electron chi connectivity index (χ1n) is 5.99. The second-order valence-electron chi connectivity index (χ2n) is 3.95. The average Bonchev–Trinajstić information content (AvgIpc) is 2.42. The highest BCUT2D eigenvalue weighted by Gasteiger charge is 2.16. The van der Waals surface area contributed by atoms with Gasteiger partial charge in [-0.05, 0) is 31.1 Å². The van der Waals surface area contributed by atoms with Crippen molar-refractivity contribution in [2.75, 3.05) is 6.61 Å². The van der Waals surface area contributed by atoms with Gasteiger partial charge in [0.05, 0.1) is 18.2 Å². The standard InChI is InChI=1S/C15H15NO3/c1-3-8-19-15(18)14(11(2)17)9-12-6-4-5-7-13(12)10-16/h4-7,9H,3,8H2,1-2H3. The first kappa shape index (κ1) is 14.7. The van der Waals surface area contributed by atoms with Crippen LogP contribution >= 0.6 is 0 Å². The molecule has 1 aromatic rings. The molecule has 4 heteroatoms. The van der Waals surface area contributed by atoms with Gasteiger partial charge in [0.2, 0.25) is 0 Å². The van der Waals surface area contributed by atoms with Crippen molar-refractivity contribution in [1.29, 1.82) is 5.26 Å². The van der Waals surface area contributed by atoms with Gasteiger partial charge in [-0.2, -0.15) is 5.26 Å². The molecule has 0 aromatic heterocycles. The van der Waals surface area contributed by atoms with E-state index in [9.17, 15) is 9.59 Å². The molecule has 0 amide bonds. The minimum atomic E-state index is -0.651. The Bertz CT molecular complexity index is 553. The summed E-state index contributed by atoms with van der Waals surface area (Å²) in [5, 5.41) is 8.97. The van der Waals surface area contributed by atoms with Crippen molar-refractivity contribution in [3.05, 3.63) is 41.0 Å². The molecule has 0 heterocycles. The normalized spacial score (nSPS) is 10.7. The minimum absolute atomic E-state index is 0.0452. The van der Waals surface area contributed by atoms with Crippen LogP contribution in [0, 0.1) is 11.3 Å². The van der Waals surface area contributed by atoms with E-state index < -0.39 is 5.97 Å². The molecule has 0 aliphatic heterocycles. The molecular formula is C15H15NO3. The fraction of sp³-hybridized carbons (Fsp3) is 0.267. The van der Waals surface area contributed by atoms with Crippen molar-refractivity contribution in [3.8, 4) is 6.07 Å². The molecule has 0 spiro atoms. The molecule has 98 valence electrons. The van der Waals surface area contributed by atoms with Gasteiger partial charge < -0.3 is 4.74 Å². The second-order valence-corrected chi connectivity index (χ2v) is 3.95. The quantitative estimate of drug-likeness (QED) is 0.352. The van der Waals surface area contributed by atoms with Crippen LogP contribution in [0.15, 0.2) is 29.8 Å². The molecule has 0 atom stereocenters. The van der Waals surface area contributed by atoms with Crippen LogP contribution in [0.3, 0.4) is 0 Å². The highest BCUT2D eigenvalue weighted by atomic mass is 16.5. The molecule has 0 aliphatic rings. The number of ketones is 1. The van der Waals surface area contributed by atoms with Crippen LogP contribution in [-0.4, -0.2) is 18.4 Å². The maximum Gasteiger partial charge on any atom is 0.341 e. The lowest BCUT2D eigenvalue weighted by molar-refractivity contribution is -0.140. The number of hydrogen-bond acceptors (Lipinski definition) is 4. The maximum absolute atomic E-state index is 11.8. The van der Waals surface area contributed by atoms with Crippen LogP contribution in [0.1, 0.15) is 31.4 Å². The molecule has 19 heavy (non-hydrogen) atoms. The third kappa shape index (κ3) is 4.07. The molecule has 0 bridgehead atoms. The van der Waals surface area contributed by atoms with E-state index in [1.807, 2.05) is 13.0 Å². The first-order valence-corrected chi connectivity index (χ1v) is 5.99. The molecule has 0 saturated heterocycles. The van der Waals surface area contributed by atoms with E-state index in [2.05, 4.69) is 0 Å². The SMILES string of the molecule is CCCOC(=O)C(=Cc1ccccc1C#N)C(C)=O. The lowest BCUT2D eigenvalue weighted by Crippen LogP contribution is -2.14. The topological polar surface area (TPSA) is 67.2 Å². The monoisotopic (exact) mass is 257 g/mol. The van der Waals surface area contributed by atoms with Crippen LogP contribution in [0.25, 0.3) is 6.08 Å². The molecule has 0 aliphatic carbocycles. The number of ether oxygens (including phenoxy) is 1. The third-order valence-electron chi connectivity index (χ3n) is 2.42. The van der Waals surface area contributed by atoms with Gasteiger partial charge in [0, 0.05) is 0 Å². The largest absolute Gasteiger partial charge is 0.462 e. The highest BCUT2D eigenvalue weighted by Crippen LogP contribution is 2.14. The summed E-state index contributed by atoms with van der Waals surface area (Å²) in [6, 6.07) is 8.77. The van der Waals surface area contributed by atoms with E-state index in [-0.39, 0.29) is 18.0 Å². The summed E-state index contributed by atoms with van der Waals surface area (Å²) in [5.74, 6) is -1.03. The number of hydrogen-bond donors (Lipinski definition) is 0. The maximum atomic E-state index is 11.8. The summed E-state index contributed by atoms with van der Waals surface area (Å²) in [6.45, 7) is 3.44. The van der Waals surface area contributed by atoms with Crippen molar-refractivity contribution in [2.24, 2.45) is 0 Å². The van der Waals surface area contributed by atoms with Crippen molar-refractivity contribution in [1.82, 2.24) is 0 Å². The summed E-state index contributed by atoms with van der Waals surface area (Å²) in [7, 11) is 0. The van der Waals surface area contributed by atoms with Gasteiger partial charge in [-0.3, -0.25) is 4.79 Å². The smallest absolute Gasteiger partial charge is 0.341 e. The van der Waals surface area contributed by atoms with Crippen LogP contribution in [-0.2, 0) is 14.3 Å². The van der Waals surface area contributed by atoms with Gasteiger partial charge in [-0.15, -0.1) is 0 Å². The Kier molecular flexibility index (Phi) is 5.49. The molecule has 1 aromatic carbocycles. The number of nitriles is 1. The molecule has 0 radical (unpaired) electrons. The summed E-state index contributed by atoms with van der Waals surface area (Å²) in [6.07, 6.45) is 2.09. The van der Waals surface area contributed by atoms with E-state index in [0.29, 0.717) is 17.5 Å². The third-order valence-corrected chi connectivity index (χ3v) is 2.42. The Morgan fingerprint density at radius 3 is 2.63 bits per heavy atom. The average molecular weight is 257 g/mol. The van der Waals surface area contributed by atoms with Crippen LogP contribution in [0.2, 0.25) is 0 Å². The number of esters is 1. The first-order chi connectivity index (χ1) is 9.10. The molecular weight excluding hydrogens is 242 g/mol.